The van der Waals surface area contributed by atoms with E-state index in [0.717, 1.165) is 22.2 Å². The van der Waals surface area contributed by atoms with E-state index < -0.39 is 11.1 Å². The molecule has 3 aromatic rings. The van der Waals surface area contributed by atoms with E-state index in [1.165, 1.54) is 13.2 Å². The van der Waals surface area contributed by atoms with Crippen molar-refractivity contribution in [1.29, 1.82) is 0 Å². The lowest BCUT2D eigenvalue weighted by molar-refractivity contribution is -0.113. The number of imide groups is 1. The summed E-state index contributed by atoms with van der Waals surface area (Å²) in [5.41, 5.74) is 2.01. The zero-order valence-corrected chi connectivity index (χ0v) is 20.3. The van der Waals surface area contributed by atoms with Crippen molar-refractivity contribution in [3.05, 3.63) is 91.8 Å². The molecule has 0 spiro atoms. The molecule has 168 valence electrons. The standard InChI is InChI=1S/C24H16Cl3NO4S/c1-31-21-10-15(4-9-20(21)32-13-14-2-5-16(25)6-3-14)11-22-23(29)28(24(30)33-22)17-7-8-18(26)19(27)12-17/h2-12H,13H2,1H3/b22-11-. The number of rotatable bonds is 6. The Morgan fingerprint density at radius 1 is 0.909 bits per heavy atom. The van der Waals surface area contributed by atoms with Crippen LogP contribution in [-0.2, 0) is 11.4 Å². The molecule has 2 amide bonds. The summed E-state index contributed by atoms with van der Waals surface area (Å²) in [6.45, 7) is 0.343. The maximum atomic E-state index is 12.9. The van der Waals surface area contributed by atoms with Crippen LogP contribution < -0.4 is 14.4 Å². The summed E-state index contributed by atoms with van der Waals surface area (Å²) in [6, 6.07) is 17.2. The van der Waals surface area contributed by atoms with Gasteiger partial charge < -0.3 is 9.47 Å². The third-order valence-electron chi connectivity index (χ3n) is 4.75. The smallest absolute Gasteiger partial charge is 0.298 e. The second-order valence-corrected chi connectivity index (χ2v) is 9.18. The zero-order chi connectivity index (χ0) is 23.5. The second-order valence-electron chi connectivity index (χ2n) is 6.94. The highest BCUT2D eigenvalue weighted by Crippen LogP contribution is 2.38. The number of carbonyl (C=O) groups excluding carboxylic acids is 2. The van der Waals surface area contributed by atoms with Gasteiger partial charge in [0.25, 0.3) is 11.1 Å². The third-order valence-corrected chi connectivity index (χ3v) is 6.61. The molecule has 1 aliphatic heterocycles. The third kappa shape index (κ3) is 5.31. The molecule has 0 bridgehead atoms. The van der Waals surface area contributed by atoms with Gasteiger partial charge in [-0.1, -0.05) is 53.0 Å². The summed E-state index contributed by atoms with van der Waals surface area (Å²) in [6.07, 6.45) is 1.63. The Kier molecular flexibility index (Phi) is 7.20. The van der Waals surface area contributed by atoms with Crippen molar-refractivity contribution in [2.24, 2.45) is 0 Å². The van der Waals surface area contributed by atoms with E-state index in [-0.39, 0.29) is 9.93 Å². The minimum absolute atomic E-state index is 0.260. The molecular weight excluding hydrogens is 505 g/mol. The minimum Gasteiger partial charge on any atom is -0.493 e. The van der Waals surface area contributed by atoms with Crippen LogP contribution in [0, 0.1) is 0 Å². The number of amides is 2. The Morgan fingerprint density at radius 3 is 2.36 bits per heavy atom. The highest BCUT2D eigenvalue weighted by atomic mass is 35.5. The van der Waals surface area contributed by atoms with Gasteiger partial charge in [-0.25, -0.2) is 4.90 Å². The molecule has 0 radical (unpaired) electrons. The van der Waals surface area contributed by atoms with Crippen LogP contribution in [0.15, 0.2) is 65.6 Å². The van der Waals surface area contributed by atoms with Gasteiger partial charge >= 0.3 is 0 Å². The van der Waals surface area contributed by atoms with Crippen LogP contribution in [0.25, 0.3) is 6.08 Å². The lowest BCUT2D eigenvalue weighted by Crippen LogP contribution is -2.27. The predicted molar refractivity (Wildman–Crippen MR) is 134 cm³/mol. The van der Waals surface area contributed by atoms with E-state index >= 15 is 0 Å². The first-order chi connectivity index (χ1) is 15.9. The monoisotopic (exact) mass is 519 g/mol. The summed E-state index contributed by atoms with van der Waals surface area (Å²) in [7, 11) is 1.53. The summed E-state index contributed by atoms with van der Waals surface area (Å²) in [5, 5.41) is 0.841. The van der Waals surface area contributed by atoms with Gasteiger partial charge in [0.1, 0.15) is 6.61 Å². The molecule has 33 heavy (non-hydrogen) atoms. The quantitative estimate of drug-likeness (QED) is 0.315. The number of nitrogens with zero attached hydrogens (tertiary/aromatic N) is 1. The van der Waals surface area contributed by atoms with Gasteiger partial charge in [-0.3, -0.25) is 9.59 Å². The van der Waals surface area contributed by atoms with Crippen molar-refractivity contribution >= 4 is 69.5 Å². The van der Waals surface area contributed by atoms with Gasteiger partial charge in [-0.15, -0.1) is 0 Å². The average Bonchev–Trinajstić information content (AvgIpc) is 3.08. The minimum atomic E-state index is -0.439. The SMILES string of the molecule is COc1cc(/C=C2\SC(=O)N(c3ccc(Cl)c(Cl)c3)C2=O)ccc1OCc1ccc(Cl)cc1. The molecule has 1 aliphatic rings. The molecule has 5 nitrogen and oxygen atoms in total. The molecule has 0 aromatic heterocycles. The van der Waals surface area contributed by atoms with Crippen molar-refractivity contribution < 1.29 is 19.1 Å². The van der Waals surface area contributed by atoms with E-state index in [9.17, 15) is 9.59 Å². The highest BCUT2D eigenvalue weighted by molar-refractivity contribution is 8.19. The maximum Gasteiger partial charge on any atom is 0.298 e. The molecule has 1 fully saturated rings. The molecule has 1 heterocycles. The van der Waals surface area contributed by atoms with Crippen LogP contribution in [0.3, 0.4) is 0 Å². The molecule has 0 atom stereocenters. The molecule has 3 aromatic carbocycles. The number of ether oxygens (including phenoxy) is 2. The molecule has 0 N–H and O–H groups in total. The molecule has 0 aliphatic carbocycles. The number of hydrogen-bond donors (Lipinski definition) is 0. The first kappa shape index (κ1) is 23.5. The Morgan fingerprint density at radius 2 is 1.67 bits per heavy atom. The van der Waals surface area contributed by atoms with E-state index in [2.05, 4.69) is 0 Å². The van der Waals surface area contributed by atoms with Gasteiger partial charge in [-0.2, -0.15) is 0 Å². The van der Waals surface area contributed by atoms with Gasteiger partial charge in [0, 0.05) is 5.02 Å². The molecular formula is C24H16Cl3NO4S. The van der Waals surface area contributed by atoms with Crippen molar-refractivity contribution in [2.75, 3.05) is 12.0 Å². The van der Waals surface area contributed by atoms with Crippen LogP contribution >= 0.6 is 46.6 Å². The van der Waals surface area contributed by atoms with Crippen LogP contribution in [0.4, 0.5) is 10.5 Å². The zero-order valence-electron chi connectivity index (χ0n) is 17.2. The topological polar surface area (TPSA) is 55.8 Å². The van der Waals surface area contributed by atoms with E-state index in [0.29, 0.717) is 39.4 Å². The Hall–Kier alpha value is -2.64. The van der Waals surface area contributed by atoms with Crippen molar-refractivity contribution in [3.63, 3.8) is 0 Å². The summed E-state index contributed by atoms with van der Waals surface area (Å²) < 4.78 is 11.3. The summed E-state index contributed by atoms with van der Waals surface area (Å²) in [4.78, 5) is 26.7. The first-order valence-corrected chi connectivity index (χ1v) is 11.6. The lowest BCUT2D eigenvalue weighted by Gasteiger charge is -2.13. The number of benzene rings is 3. The van der Waals surface area contributed by atoms with Crippen molar-refractivity contribution in [3.8, 4) is 11.5 Å². The number of hydrogen-bond acceptors (Lipinski definition) is 5. The largest absolute Gasteiger partial charge is 0.493 e. The lowest BCUT2D eigenvalue weighted by atomic mass is 10.1. The van der Waals surface area contributed by atoms with E-state index in [4.69, 9.17) is 44.3 Å². The van der Waals surface area contributed by atoms with Crippen LogP contribution in [0.1, 0.15) is 11.1 Å². The van der Waals surface area contributed by atoms with Crippen molar-refractivity contribution in [1.82, 2.24) is 0 Å². The Balaban J connectivity index is 1.53. The molecule has 4 rings (SSSR count). The Labute approximate surface area is 209 Å². The first-order valence-electron chi connectivity index (χ1n) is 9.64. The van der Waals surface area contributed by atoms with Crippen LogP contribution in [0.2, 0.25) is 15.1 Å². The normalized spacial score (nSPS) is 14.8. The predicted octanol–water partition coefficient (Wildman–Crippen LogP) is 7.48. The van der Waals surface area contributed by atoms with Gasteiger partial charge in [-0.05, 0) is 71.4 Å². The number of anilines is 1. The Bertz CT molecular complexity index is 1260. The van der Waals surface area contributed by atoms with Crippen LogP contribution in [0.5, 0.6) is 11.5 Å². The number of methoxy groups -OCH3 is 1. The van der Waals surface area contributed by atoms with Gasteiger partial charge in [0.15, 0.2) is 11.5 Å². The van der Waals surface area contributed by atoms with Crippen LogP contribution in [-0.4, -0.2) is 18.3 Å². The summed E-state index contributed by atoms with van der Waals surface area (Å²) >= 11 is 18.7. The molecule has 1 saturated heterocycles. The maximum absolute atomic E-state index is 12.9. The molecule has 0 unspecified atom stereocenters. The van der Waals surface area contributed by atoms with Gasteiger partial charge in [0.2, 0.25) is 0 Å². The molecule has 9 heteroatoms. The number of halogens is 3. The van der Waals surface area contributed by atoms with E-state index in [1.807, 2.05) is 12.1 Å². The van der Waals surface area contributed by atoms with E-state index in [1.54, 1.807) is 48.5 Å². The highest BCUT2D eigenvalue weighted by Gasteiger charge is 2.36. The number of thioether (sulfide) groups is 1. The fraction of sp³-hybridized carbons (Fsp3) is 0.0833. The second kappa shape index (κ2) is 10.1. The van der Waals surface area contributed by atoms with Gasteiger partial charge in [0.05, 0.1) is 27.7 Å². The average molecular weight is 521 g/mol. The summed E-state index contributed by atoms with van der Waals surface area (Å²) in [5.74, 6) is 0.611. The van der Waals surface area contributed by atoms with Crippen molar-refractivity contribution in [2.45, 2.75) is 6.61 Å². The fourth-order valence-electron chi connectivity index (χ4n) is 3.10. The molecule has 0 saturated carbocycles. The fourth-order valence-corrected chi connectivity index (χ4v) is 4.36. The number of carbonyl (C=O) groups is 2.